The Balaban J connectivity index is 2.05. The fourth-order valence-electron chi connectivity index (χ4n) is 1.91. The molecule has 0 amide bonds. The molecule has 0 bridgehead atoms. The molecule has 1 unspecified atom stereocenters. The molecule has 2 nitrogen and oxygen atoms in total. The van der Waals surface area contributed by atoms with Crippen LogP contribution >= 0.6 is 0 Å². The van der Waals surface area contributed by atoms with Gasteiger partial charge in [0.2, 0.25) is 0 Å². The predicted molar refractivity (Wildman–Crippen MR) is 68.2 cm³/mol. The highest BCUT2D eigenvalue weighted by molar-refractivity contribution is 5.29. The second kappa shape index (κ2) is 6.13. The van der Waals surface area contributed by atoms with E-state index in [-0.39, 0.29) is 17.7 Å². The van der Waals surface area contributed by atoms with Crippen molar-refractivity contribution in [2.45, 2.75) is 18.9 Å². The molecule has 1 N–H and O–H groups in total. The molecular weight excluding hydrogens is 288 g/mol. The summed E-state index contributed by atoms with van der Waals surface area (Å²) in [5.41, 5.74) is 0.716. The maximum absolute atomic E-state index is 13.5. The van der Waals surface area contributed by atoms with Gasteiger partial charge >= 0.3 is 6.36 Å². The minimum absolute atomic E-state index is 0.0905. The van der Waals surface area contributed by atoms with Crippen molar-refractivity contribution in [3.05, 3.63) is 65.5 Å². The molecule has 6 heteroatoms. The smallest absolute Gasteiger partial charge is 0.406 e. The summed E-state index contributed by atoms with van der Waals surface area (Å²) >= 11 is 0. The first-order valence-corrected chi connectivity index (χ1v) is 6.12. The van der Waals surface area contributed by atoms with Crippen LogP contribution in [0, 0.1) is 5.82 Å². The topological polar surface area (TPSA) is 29.5 Å². The number of aliphatic hydroxyl groups is 1. The molecule has 0 heterocycles. The highest BCUT2D eigenvalue weighted by atomic mass is 19.4. The Morgan fingerprint density at radius 1 is 1.00 bits per heavy atom. The first kappa shape index (κ1) is 15.3. The number of halogens is 4. The molecule has 0 aliphatic rings. The fraction of sp³-hybridized carbons (Fsp3) is 0.200. The molecule has 2 aromatic rings. The van der Waals surface area contributed by atoms with E-state index in [0.29, 0.717) is 5.56 Å². The van der Waals surface area contributed by atoms with Crippen LogP contribution in [0.2, 0.25) is 0 Å². The van der Waals surface area contributed by atoms with Crippen LogP contribution in [0.15, 0.2) is 48.5 Å². The molecule has 21 heavy (non-hydrogen) atoms. The predicted octanol–water partition coefficient (Wildman–Crippen LogP) is 4.00. The monoisotopic (exact) mass is 300 g/mol. The Hall–Kier alpha value is -2.08. The summed E-state index contributed by atoms with van der Waals surface area (Å²) in [6, 6.07) is 10.9. The molecule has 1 atom stereocenters. The lowest BCUT2D eigenvalue weighted by atomic mass is 10.0. The third-order valence-electron chi connectivity index (χ3n) is 2.85. The molecule has 0 aliphatic heterocycles. The largest absolute Gasteiger partial charge is 0.573 e. The first-order chi connectivity index (χ1) is 9.85. The van der Waals surface area contributed by atoms with Crippen molar-refractivity contribution >= 4 is 0 Å². The Kier molecular flexibility index (Phi) is 4.47. The van der Waals surface area contributed by atoms with Gasteiger partial charge in [-0.1, -0.05) is 30.3 Å². The van der Waals surface area contributed by atoms with E-state index in [1.807, 2.05) is 0 Å². The number of rotatable bonds is 4. The number of hydrogen-bond acceptors (Lipinski definition) is 2. The summed E-state index contributed by atoms with van der Waals surface area (Å²) in [6.07, 6.45) is -5.72. The van der Waals surface area contributed by atoms with Gasteiger partial charge in [0.1, 0.15) is 11.6 Å². The molecular formula is C15H12F4O2. The zero-order valence-corrected chi connectivity index (χ0v) is 10.8. The average Bonchev–Trinajstić information content (AvgIpc) is 2.40. The van der Waals surface area contributed by atoms with Gasteiger partial charge in [0.05, 0.1) is 6.10 Å². The molecule has 2 rings (SSSR count). The van der Waals surface area contributed by atoms with Gasteiger partial charge in [-0.25, -0.2) is 4.39 Å². The van der Waals surface area contributed by atoms with E-state index in [4.69, 9.17) is 0 Å². The van der Waals surface area contributed by atoms with Crippen LogP contribution < -0.4 is 4.74 Å². The van der Waals surface area contributed by atoms with Gasteiger partial charge in [-0.05, 0) is 23.8 Å². The molecule has 0 aromatic heterocycles. The van der Waals surface area contributed by atoms with Crippen LogP contribution in [0.25, 0.3) is 0 Å². The third-order valence-corrected chi connectivity index (χ3v) is 2.85. The Bertz CT molecular complexity index is 593. The fourth-order valence-corrected chi connectivity index (χ4v) is 1.91. The van der Waals surface area contributed by atoms with Crippen LogP contribution in [-0.2, 0) is 6.42 Å². The van der Waals surface area contributed by atoms with Crippen LogP contribution in [-0.4, -0.2) is 11.5 Å². The number of hydrogen-bond donors (Lipinski definition) is 1. The number of alkyl halides is 3. The molecule has 0 aliphatic carbocycles. The van der Waals surface area contributed by atoms with Gasteiger partial charge in [0, 0.05) is 12.0 Å². The van der Waals surface area contributed by atoms with Gasteiger partial charge in [-0.3, -0.25) is 0 Å². The number of aliphatic hydroxyl groups excluding tert-OH is 1. The second-order valence-electron chi connectivity index (χ2n) is 4.43. The highest BCUT2D eigenvalue weighted by Gasteiger charge is 2.30. The molecule has 0 fully saturated rings. The minimum atomic E-state index is -4.74. The van der Waals surface area contributed by atoms with Gasteiger partial charge < -0.3 is 9.84 Å². The van der Waals surface area contributed by atoms with E-state index >= 15 is 0 Å². The average molecular weight is 300 g/mol. The van der Waals surface area contributed by atoms with Crippen molar-refractivity contribution in [2.24, 2.45) is 0 Å². The summed E-state index contributed by atoms with van der Waals surface area (Å²) < 4.78 is 53.3. The second-order valence-corrected chi connectivity index (χ2v) is 4.43. The summed E-state index contributed by atoms with van der Waals surface area (Å²) in [7, 11) is 0. The SMILES string of the molecule is OC(Cc1ccc(OC(F)(F)F)cc1)c1ccccc1F. The maximum atomic E-state index is 13.5. The van der Waals surface area contributed by atoms with E-state index in [1.54, 1.807) is 6.07 Å². The molecule has 0 radical (unpaired) electrons. The molecule has 0 spiro atoms. The van der Waals surface area contributed by atoms with Crippen LogP contribution in [0.3, 0.4) is 0 Å². The van der Waals surface area contributed by atoms with Crippen molar-refractivity contribution < 1.29 is 27.4 Å². The highest BCUT2D eigenvalue weighted by Crippen LogP contribution is 2.25. The Morgan fingerprint density at radius 3 is 2.19 bits per heavy atom. The van der Waals surface area contributed by atoms with Gasteiger partial charge in [-0.15, -0.1) is 13.2 Å². The lowest BCUT2D eigenvalue weighted by Gasteiger charge is -2.13. The van der Waals surface area contributed by atoms with Gasteiger partial charge in [0.25, 0.3) is 0 Å². The zero-order chi connectivity index (χ0) is 15.5. The maximum Gasteiger partial charge on any atom is 0.573 e. The lowest BCUT2D eigenvalue weighted by Crippen LogP contribution is -2.17. The molecule has 0 saturated heterocycles. The summed E-state index contributed by atoms with van der Waals surface area (Å²) in [6.45, 7) is 0. The molecule has 112 valence electrons. The number of benzene rings is 2. The lowest BCUT2D eigenvalue weighted by molar-refractivity contribution is -0.274. The van der Waals surface area contributed by atoms with E-state index in [1.165, 1.54) is 30.3 Å². The Morgan fingerprint density at radius 2 is 1.62 bits per heavy atom. The van der Waals surface area contributed by atoms with Crippen LogP contribution in [0.1, 0.15) is 17.2 Å². The van der Waals surface area contributed by atoms with Gasteiger partial charge in [-0.2, -0.15) is 0 Å². The van der Waals surface area contributed by atoms with Crippen LogP contribution in [0.4, 0.5) is 17.6 Å². The normalized spacial score (nSPS) is 13.0. The van der Waals surface area contributed by atoms with Crippen molar-refractivity contribution in [3.63, 3.8) is 0 Å². The summed E-state index contributed by atoms with van der Waals surface area (Å²) in [5, 5.41) is 9.96. The van der Waals surface area contributed by atoms with Crippen molar-refractivity contribution in [1.29, 1.82) is 0 Å². The quantitative estimate of drug-likeness (QED) is 0.865. The first-order valence-electron chi connectivity index (χ1n) is 6.12. The standard InChI is InChI=1S/C15H12F4O2/c16-13-4-2-1-3-12(13)14(20)9-10-5-7-11(8-6-10)21-15(17,18)19/h1-8,14,20H,9H2. The van der Waals surface area contributed by atoms with E-state index in [9.17, 15) is 22.7 Å². The molecule has 0 saturated carbocycles. The van der Waals surface area contributed by atoms with Crippen LogP contribution in [0.5, 0.6) is 5.75 Å². The summed E-state index contributed by atoms with van der Waals surface area (Å²) in [5.74, 6) is -0.867. The van der Waals surface area contributed by atoms with E-state index in [0.717, 1.165) is 12.1 Å². The molecule has 2 aromatic carbocycles. The van der Waals surface area contributed by atoms with Crippen molar-refractivity contribution in [2.75, 3.05) is 0 Å². The third kappa shape index (κ3) is 4.46. The van der Waals surface area contributed by atoms with E-state index < -0.39 is 18.3 Å². The van der Waals surface area contributed by atoms with E-state index in [2.05, 4.69) is 4.74 Å². The van der Waals surface area contributed by atoms with Crippen molar-refractivity contribution in [1.82, 2.24) is 0 Å². The minimum Gasteiger partial charge on any atom is -0.406 e. The number of ether oxygens (including phenoxy) is 1. The summed E-state index contributed by atoms with van der Waals surface area (Å²) in [4.78, 5) is 0. The Labute approximate surface area is 118 Å². The van der Waals surface area contributed by atoms with Gasteiger partial charge in [0.15, 0.2) is 0 Å². The van der Waals surface area contributed by atoms with Crippen molar-refractivity contribution in [3.8, 4) is 5.75 Å². The zero-order valence-electron chi connectivity index (χ0n) is 10.8.